The first-order chi connectivity index (χ1) is 8.09. The number of amides is 1. The molecule has 1 N–H and O–H groups in total. The molecule has 1 heterocycles. The van der Waals surface area contributed by atoms with E-state index in [1.165, 1.54) is 6.92 Å². The van der Waals surface area contributed by atoms with E-state index in [1.807, 2.05) is 35.2 Å². The van der Waals surface area contributed by atoms with E-state index in [-0.39, 0.29) is 18.9 Å². The van der Waals surface area contributed by atoms with Gasteiger partial charge in [-0.2, -0.15) is 0 Å². The highest BCUT2D eigenvalue weighted by Gasteiger charge is 2.12. The zero-order valence-corrected chi connectivity index (χ0v) is 9.87. The van der Waals surface area contributed by atoms with Gasteiger partial charge in [-0.25, -0.2) is 4.57 Å². The molecule has 0 aliphatic heterocycles. The van der Waals surface area contributed by atoms with E-state index in [1.54, 1.807) is 4.90 Å². The molecule has 1 aromatic rings. The van der Waals surface area contributed by atoms with Crippen molar-refractivity contribution in [1.29, 1.82) is 0 Å². The van der Waals surface area contributed by atoms with Gasteiger partial charge >= 0.3 is 5.97 Å². The lowest BCUT2D eigenvalue weighted by molar-refractivity contribution is -0.696. The molecule has 5 nitrogen and oxygen atoms in total. The van der Waals surface area contributed by atoms with Crippen LogP contribution >= 0.6 is 0 Å². The lowest BCUT2D eigenvalue weighted by Gasteiger charge is -2.18. The summed E-state index contributed by atoms with van der Waals surface area (Å²) in [6.07, 6.45) is 3.81. The summed E-state index contributed by atoms with van der Waals surface area (Å²) in [6, 6.07) is 5.74. The zero-order valence-electron chi connectivity index (χ0n) is 9.87. The molecule has 5 heteroatoms. The van der Waals surface area contributed by atoms with Crippen LogP contribution < -0.4 is 4.57 Å². The highest BCUT2D eigenvalue weighted by Crippen LogP contribution is 1.93. The molecule has 0 aliphatic carbocycles. The Morgan fingerprint density at radius 1 is 1.18 bits per heavy atom. The summed E-state index contributed by atoms with van der Waals surface area (Å²) in [5.74, 6) is -0.980. The van der Waals surface area contributed by atoms with E-state index in [0.29, 0.717) is 13.1 Å². The quantitative estimate of drug-likeness (QED) is 0.724. The van der Waals surface area contributed by atoms with Crippen molar-refractivity contribution >= 4 is 11.9 Å². The number of rotatable bonds is 6. The molecule has 0 spiro atoms. The first kappa shape index (κ1) is 13.2. The van der Waals surface area contributed by atoms with Gasteiger partial charge in [0.25, 0.3) is 0 Å². The van der Waals surface area contributed by atoms with Crippen LogP contribution in [-0.4, -0.2) is 35.0 Å². The molecule has 0 aliphatic rings. The maximum atomic E-state index is 11.3. The van der Waals surface area contributed by atoms with Gasteiger partial charge in [0.15, 0.2) is 18.9 Å². The molecule has 1 amide bonds. The Morgan fingerprint density at radius 2 is 1.82 bits per heavy atom. The summed E-state index contributed by atoms with van der Waals surface area (Å²) in [6.45, 7) is 2.91. The van der Waals surface area contributed by atoms with Crippen molar-refractivity contribution in [1.82, 2.24) is 4.90 Å². The Bertz CT molecular complexity index is 379. The average Bonchev–Trinajstić information content (AvgIpc) is 2.29. The van der Waals surface area contributed by atoms with Gasteiger partial charge < -0.3 is 10.0 Å². The molecular formula is C12H17N2O3+. The molecule has 17 heavy (non-hydrogen) atoms. The van der Waals surface area contributed by atoms with E-state index >= 15 is 0 Å². The topological polar surface area (TPSA) is 61.5 Å². The third-order valence-electron chi connectivity index (χ3n) is 2.45. The van der Waals surface area contributed by atoms with Crippen LogP contribution in [0, 0.1) is 0 Å². The number of nitrogens with zero attached hydrogens (tertiary/aromatic N) is 2. The maximum Gasteiger partial charge on any atom is 0.305 e. The smallest absolute Gasteiger partial charge is 0.305 e. The normalized spacial score (nSPS) is 9.94. The number of aliphatic carboxylic acids is 1. The predicted molar refractivity (Wildman–Crippen MR) is 61.1 cm³/mol. The molecule has 92 valence electrons. The SMILES string of the molecule is CC(=O)N(CCC(=O)O)CC[n+]1ccccc1. The maximum absolute atomic E-state index is 11.3. The molecule has 0 atom stereocenters. The zero-order chi connectivity index (χ0) is 12.7. The van der Waals surface area contributed by atoms with Gasteiger partial charge in [-0.05, 0) is 0 Å². The predicted octanol–water partition coefficient (Wildman–Crippen LogP) is 0.297. The largest absolute Gasteiger partial charge is 0.481 e. The van der Waals surface area contributed by atoms with Crippen LogP contribution in [0.3, 0.4) is 0 Å². The third-order valence-corrected chi connectivity index (χ3v) is 2.45. The summed E-state index contributed by atoms with van der Waals surface area (Å²) >= 11 is 0. The van der Waals surface area contributed by atoms with Gasteiger partial charge in [0.05, 0.1) is 13.0 Å². The van der Waals surface area contributed by atoms with Gasteiger partial charge in [0.1, 0.15) is 0 Å². The first-order valence-corrected chi connectivity index (χ1v) is 5.51. The van der Waals surface area contributed by atoms with Gasteiger partial charge in [0, 0.05) is 25.6 Å². The Hall–Kier alpha value is -1.91. The van der Waals surface area contributed by atoms with Crippen LogP contribution in [0.2, 0.25) is 0 Å². The van der Waals surface area contributed by atoms with E-state index in [9.17, 15) is 9.59 Å². The van der Waals surface area contributed by atoms with Crippen molar-refractivity contribution in [3.8, 4) is 0 Å². The van der Waals surface area contributed by atoms with E-state index in [0.717, 1.165) is 0 Å². The van der Waals surface area contributed by atoms with Crippen molar-refractivity contribution in [3.63, 3.8) is 0 Å². The molecule has 0 saturated heterocycles. The summed E-state index contributed by atoms with van der Waals surface area (Å²) < 4.78 is 1.96. The molecule has 0 aromatic carbocycles. The highest BCUT2D eigenvalue weighted by atomic mass is 16.4. The fourth-order valence-corrected chi connectivity index (χ4v) is 1.48. The summed E-state index contributed by atoms with van der Waals surface area (Å²) in [7, 11) is 0. The van der Waals surface area contributed by atoms with Crippen molar-refractivity contribution in [2.24, 2.45) is 0 Å². The number of aromatic nitrogens is 1. The molecule has 0 radical (unpaired) electrons. The number of carbonyl (C=O) groups excluding carboxylic acids is 1. The summed E-state index contributed by atoms with van der Waals surface area (Å²) in [5, 5.41) is 8.59. The molecule has 1 rings (SSSR count). The monoisotopic (exact) mass is 237 g/mol. The minimum atomic E-state index is -0.886. The number of hydrogen-bond acceptors (Lipinski definition) is 2. The van der Waals surface area contributed by atoms with Crippen LogP contribution in [0.1, 0.15) is 13.3 Å². The van der Waals surface area contributed by atoms with Crippen LogP contribution in [0.4, 0.5) is 0 Å². The van der Waals surface area contributed by atoms with Crippen LogP contribution in [0.25, 0.3) is 0 Å². The second-order valence-corrected chi connectivity index (χ2v) is 3.76. The van der Waals surface area contributed by atoms with Crippen molar-refractivity contribution in [2.75, 3.05) is 13.1 Å². The average molecular weight is 237 g/mol. The fraction of sp³-hybridized carbons (Fsp3) is 0.417. The van der Waals surface area contributed by atoms with E-state index in [2.05, 4.69) is 0 Å². The van der Waals surface area contributed by atoms with E-state index in [4.69, 9.17) is 5.11 Å². The molecule has 0 saturated carbocycles. The summed E-state index contributed by atoms with van der Waals surface area (Å²) in [4.78, 5) is 23.3. The Labute approximate surface area is 100 Å². The molecular weight excluding hydrogens is 220 g/mol. The van der Waals surface area contributed by atoms with E-state index < -0.39 is 5.97 Å². The second kappa shape index (κ2) is 6.62. The van der Waals surface area contributed by atoms with Gasteiger partial charge in [-0.3, -0.25) is 9.59 Å². The van der Waals surface area contributed by atoms with Gasteiger partial charge in [0.2, 0.25) is 5.91 Å². The Morgan fingerprint density at radius 3 is 2.35 bits per heavy atom. The number of pyridine rings is 1. The van der Waals surface area contributed by atoms with Gasteiger partial charge in [-0.1, -0.05) is 6.07 Å². The van der Waals surface area contributed by atoms with Crippen molar-refractivity contribution < 1.29 is 19.3 Å². The van der Waals surface area contributed by atoms with Crippen LogP contribution in [0.5, 0.6) is 0 Å². The molecule has 0 unspecified atom stereocenters. The fourth-order valence-electron chi connectivity index (χ4n) is 1.48. The lowest BCUT2D eigenvalue weighted by atomic mass is 10.3. The molecule has 1 aromatic heterocycles. The molecule has 0 bridgehead atoms. The highest BCUT2D eigenvalue weighted by molar-refractivity contribution is 5.74. The van der Waals surface area contributed by atoms with Crippen LogP contribution in [0.15, 0.2) is 30.6 Å². The Balaban J connectivity index is 2.45. The number of carboxylic acid groups (broad SMARTS) is 1. The van der Waals surface area contributed by atoms with Crippen molar-refractivity contribution in [2.45, 2.75) is 19.9 Å². The van der Waals surface area contributed by atoms with Crippen molar-refractivity contribution in [3.05, 3.63) is 30.6 Å². The minimum Gasteiger partial charge on any atom is -0.481 e. The number of carboxylic acids is 1. The summed E-state index contributed by atoms with van der Waals surface area (Å²) in [5.41, 5.74) is 0. The van der Waals surface area contributed by atoms with Crippen LogP contribution in [-0.2, 0) is 16.1 Å². The molecule has 0 fully saturated rings. The standard InChI is InChI=1S/C12H16N2O3/c1-11(15)14(8-5-12(16)17)10-9-13-6-3-2-4-7-13/h2-4,6-7H,5,8-10H2,1H3/p+1. The third kappa shape index (κ3) is 5.10. The number of carbonyl (C=O) groups is 2. The minimum absolute atomic E-state index is 0.0148. The Kier molecular flexibility index (Phi) is 5.13. The first-order valence-electron chi connectivity index (χ1n) is 5.51. The van der Waals surface area contributed by atoms with Gasteiger partial charge in [-0.15, -0.1) is 0 Å². The number of hydrogen-bond donors (Lipinski definition) is 1. The lowest BCUT2D eigenvalue weighted by Crippen LogP contribution is -2.42. The second-order valence-electron chi connectivity index (χ2n) is 3.76.